The summed E-state index contributed by atoms with van der Waals surface area (Å²) in [4.78, 5) is 26.2. The first-order valence-corrected chi connectivity index (χ1v) is 30.4. The summed E-state index contributed by atoms with van der Waals surface area (Å²) < 4.78 is 44.6. The van der Waals surface area contributed by atoms with E-state index in [4.69, 9.17) is 135 Å². The quantitative estimate of drug-likeness (QED) is 0.0342. The fourth-order valence-electron chi connectivity index (χ4n) is 4.15. The minimum absolute atomic E-state index is 0. The van der Waals surface area contributed by atoms with Gasteiger partial charge in [0.2, 0.25) is 0 Å². The number of carbonyl (C=O) groups is 2. The van der Waals surface area contributed by atoms with Gasteiger partial charge in [0.25, 0.3) is 0 Å². The fourth-order valence-corrected chi connectivity index (χ4v) is 10.6. The van der Waals surface area contributed by atoms with Crippen molar-refractivity contribution in [2.45, 2.75) is 96.4 Å². The van der Waals surface area contributed by atoms with E-state index < -0.39 is 30.8 Å². The van der Waals surface area contributed by atoms with Crippen LogP contribution in [0.4, 0.5) is 0 Å². The second-order valence-electron chi connectivity index (χ2n) is 13.6. The van der Waals surface area contributed by atoms with E-state index in [1.165, 1.54) is 31.8 Å². The Hall–Kier alpha value is -0.350. The lowest BCUT2D eigenvalue weighted by Crippen LogP contribution is -2.35. The molecule has 69 heavy (non-hydrogen) atoms. The number of nitrogens with two attached hydrogens (primary N) is 1. The van der Waals surface area contributed by atoms with Crippen LogP contribution >= 0.6 is 165 Å². The molecule has 0 saturated carbocycles. The molecule has 4 aromatic rings. The van der Waals surface area contributed by atoms with Crippen LogP contribution in [0, 0.1) is 0 Å². The van der Waals surface area contributed by atoms with Crippen LogP contribution < -0.4 is 19.9 Å². The molecule has 0 aromatic heterocycles. The van der Waals surface area contributed by atoms with Crippen molar-refractivity contribution in [3.05, 3.63) is 115 Å². The predicted octanol–water partition coefficient (Wildman–Crippen LogP) is 17.9. The SMILES string of the molecule is CC(C)OC(=O)[C@H](C)N.CC(C)OC(=O)[C@H](C)N[P@](=O)(Oc1ccccc1)Sc1cc(Cl)c(Cl)cc1Cl.CCN(CC)CC.Cl.ClCCl.O=P(Cl)(Cl)Oc1ccccc1.Sc1cc(Cl)c(Cl)cc1Cl. The Morgan fingerprint density at radius 1 is 0.652 bits per heavy atom. The molecule has 4 aromatic carbocycles. The van der Waals surface area contributed by atoms with E-state index in [2.05, 4.69) is 47.9 Å². The van der Waals surface area contributed by atoms with Gasteiger partial charge in [-0.2, -0.15) is 0 Å². The predicted molar refractivity (Wildman–Crippen MR) is 303 cm³/mol. The van der Waals surface area contributed by atoms with E-state index in [-0.39, 0.29) is 51.0 Å². The number of benzene rings is 4. The number of hydrogen-bond donors (Lipinski definition) is 3. The molecule has 4 rings (SSSR count). The van der Waals surface area contributed by atoms with Gasteiger partial charge in [0, 0.05) is 32.3 Å². The molecule has 11 nitrogen and oxygen atoms in total. The molecule has 3 N–H and O–H groups in total. The maximum absolute atomic E-state index is 13.6. The number of para-hydroxylation sites is 2. The van der Waals surface area contributed by atoms with Crippen molar-refractivity contribution in [2.24, 2.45) is 5.73 Å². The summed E-state index contributed by atoms with van der Waals surface area (Å²) >= 11 is 59.9. The first kappa shape index (κ1) is 72.9. The molecule has 0 amide bonds. The summed E-state index contributed by atoms with van der Waals surface area (Å²) in [5, 5.41) is 5.16. The molecule has 0 aliphatic carbocycles. The van der Waals surface area contributed by atoms with Crippen LogP contribution in [0.3, 0.4) is 0 Å². The smallest absolute Gasteiger partial charge is 0.428 e. The molecule has 3 atom stereocenters. The minimum Gasteiger partial charge on any atom is -0.462 e. The summed E-state index contributed by atoms with van der Waals surface area (Å²) in [6.07, 6.45) is -3.81. The number of hydrogen-bond acceptors (Lipinski definition) is 12. The van der Waals surface area contributed by atoms with E-state index in [0.29, 0.717) is 36.4 Å². The van der Waals surface area contributed by atoms with E-state index in [9.17, 15) is 18.7 Å². The van der Waals surface area contributed by atoms with Gasteiger partial charge in [-0.3, -0.25) is 9.59 Å². The Bertz CT molecular complexity index is 2100. The summed E-state index contributed by atoms with van der Waals surface area (Å²) in [5.74, 6) is -0.120. The van der Waals surface area contributed by atoms with Gasteiger partial charge in [-0.25, -0.2) is 14.2 Å². The summed E-state index contributed by atoms with van der Waals surface area (Å²) in [6.45, 7) is 16.6. The van der Waals surface area contributed by atoms with Crippen LogP contribution in [0.25, 0.3) is 0 Å². The van der Waals surface area contributed by atoms with Gasteiger partial charge < -0.3 is 29.2 Å². The zero-order chi connectivity index (χ0) is 52.8. The third-order valence-electron chi connectivity index (χ3n) is 7.23. The lowest BCUT2D eigenvalue weighted by Gasteiger charge is -2.23. The average molecular weight is 1260 g/mol. The highest BCUT2D eigenvalue weighted by Crippen LogP contribution is 2.61. The van der Waals surface area contributed by atoms with Crippen molar-refractivity contribution in [1.82, 2.24) is 9.99 Å². The number of carbonyl (C=O) groups excluding carboxylic acids is 2. The molecular weight excluding hydrogens is 1200 g/mol. The highest BCUT2D eigenvalue weighted by molar-refractivity contribution is 8.56. The van der Waals surface area contributed by atoms with Gasteiger partial charge in [-0.1, -0.05) is 127 Å². The Labute approximate surface area is 473 Å². The molecule has 0 bridgehead atoms. The normalized spacial score (nSPS) is 12.1. The third kappa shape index (κ3) is 36.3. The number of alkyl halides is 2. The van der Waals surface area contributed by atoms with Crippen LogP contribution in [-0.4, -0.2) is 66.1 Å². The monoisotopic (exact) mass is 1250 g/mol. The third-order valence-corrected chi connectivity index (χ3v) is 14.5. The standard InChI is InChI=1S/C18H19Cl3NO4PS.C6H3Cl3S.C6H5Cl2O2P.C6H13NO2.C6H15N.CH2Cl2.ClH/c1-11(2)25-18(23)12(3)22-27(24,26-13-7-5-4-6-8-13)28-17-10-15(20)14(19)9-16(17)21;7-3-1-5(9)6(10)2-4(3)8;7-11(8,9)10-6-4-2-1-3-5-6;1-4(2)9-6(8)5(3)7;1-4-7(5-2)6-3;2-1-3;/h4-12H,1-3H3,(H,22,24);1-2,10H;1-5H;4-5H,7H2,1-3H3;4-6H2,1-3H3;1H2;1H/t12-,27-;;;5-;;;/m0..0.../s1. The summed E-state index contributed by atoms with van der Waals surface area (Å²) in [6, 6.07) is 21.9. The minimum atomic E-state index is -3.70. The molecule has 0 spiro atoms. The lowest BCUT2D eigenvalue weighted by atomic mass is 10.3. The largest absolute Gasteiger partial charge is 0.462 e. The van der Waals surface area contributed by atoms with Crippen LogP contribution in [0.15, 0.2) is 94.7 Å². The van der Waals surface area contributed by atoms with Crippen LogP contribution in [0.5, 0.6) is 11.5 Å². The number of thiol groups is 1. The second-order valence-corrected chi connectivity index (χ2v) is 25.5. The van der Waals surface area contributed by atoms with E-state index >= 15 is 0 Å². The van der Waals surface area contributed by atoms with Crippen molar-refractivity contribution in [3.63, 3.8) is 0 Å². The Morgan fingerprint density at radius 2 is 1.03 bits per heavy atom. The van der Waals surface area contributed by atoms with Gasteiger partial charge in [0.1, 0.15) is 23.6 Å². The van der Waals surface area contributed by atoms with Crippen molar-refractivity contribution < 1.29 is 37.2 Å². The molecule has 0 aliphatic rings. The van der Waals surface area contributed by atoms with E-state index in [1.54, 1.807) is 114 Å². The molecule has 0 fully saturated rings. The zero-order valence-electron chi connectivity index (χ0n) is 38.9. The van der Waals surface area contributed by atoms with Crippen LogP contribution in [0.1, 0.15) is 62.3 Å². The fraction of sp³-hybridized carbons (Fsp3) is 0.395. The van der Waals surface area contributed by atoms with E-state index in [0.717, 1.165) is 11.4 Å². The molecule has 392 valence electrons. The highest BCUT2D eigenvalue weighted by atomic mass is 35.9. The van der Waals surface area contributed by atoms with Crippen molar-refractivity contribution >= 4 is 176 Å². The Kier molecular flexibility index (Phi) is 42.3. The topological polar surface area (TPSA) is 146 Å². The zero-order valence-corrected chi connectivity index (χ0v) is 50.8. The highest BCUT2D eigenvalue weighted by Gasteiger charge is 2.33. The van der Waals surface area contributed by atoms with Gasteiger partial charge >= 0.3 is 24.7 Å². The maximum atomic E-state index is 13.6. The first-order valence-electron chi connectivity index (χ1n) is 20.1. The molecule has 0 aliphatic heterocycles. The number of ether oxygens (including phenoxy) is 2. The maximum Gasteiger partial charge on any atom is 0.428 e. The lowest BCUT2D eigenvalue weighted by molar-refractivity contribution is -0.149. The van der Waals surface area contributed by atoms with Gasteiger partial charge in [-0.15, -0.1) is 48.2 Å². The molecule has 26 heteroatoms. The molecule has 0 saturated heterocycles. The first-order chi connectivity index (χ1) is 31.6. The molecule has 0 heterocycles. The number of nitrogens with zero attached hydrogens (tertiary/aromatic N) is 1. The number of halogens is 11. The van der Waals surface area contributed by atoms with Gasteiger partial charge in [0.05, 0.1) is 47.7 Å². The van der Waals surface area contributed by atoms with Crippen LogP contribution in [-0.2, 0) is 28.2 Å². The molecule has 0 unspecified atom stereocenters. The van der Waals surface area contributed by atoms with Gasteiger partial charge in [-0.05, 0) is 121 Å². The average Bonchev–Trinajstić information content (AvgIpc) is 3.23. The van der Waals surface area contributed by atoms with Crippen molar-refractivity contribution in [3.8, 4) is 11.5 Å². The molecular formula is C43H58Cl11N3O8P2S2. The number of nitrogens with one attached hydrogen (secondary N) is 1. The summed E-state index contributed by atoms with van der Waals surface area (Å²) in [5.41, 5.74) is 5.21. The second kappa shape index (κ2) is 40.0. The van der Waals surface area contributed by atoms with Crippen molar-refractivity contribution in [1.29, 1.82) is 0 Å². The number of rotatable bonds is 15. The van der Waals surface area contributed by atoms with E-state index in [1.807, 2.05) is 0 Å². The summed E-state index contributed by atoms with van der Waals surface area (Å²) in [7, 11) is 0. The van der Waals surface area contributed by atoms with Crippen LogP contribution in [0.2, 0.25) is 30.1 Å². The van der Waals surface area contributed by atoms with Crippen molar-refractivity contribution in [2.75, 3.05) is 25.0 Å². The van der Waals surface area contributed by atoms with Gasteiger partial charge in [0.15, 0.2) is 0 Å². The Morgan fingerprint density at radius 3 is 1.38 bits per heavy atom. The Balaban J connectivity index is -0.000000876. The number of esters is 2. The molecule has 0 radical (unpaired) electrons.